The molecule has 0 bridgehead atoms. The second-order valence-electron chi connectivity index (χ2n) is 5.02. The van der Waals surface area contributed by atoms with Gasteiger partial charge in [-0.2, -0.15) is 0 Å². The van der Waals surface area contributed by atoms with Gasteiger partial charge in [-0.25, -0.2) is 18.5 Å². The summed E-state index contributed by atoms with van der Waals surface area (Å²) in [6, 6.07) is 0. The number of fused-ring (bicyclic) bond motifs is 1. The van der Waals surface area contributed by atoms with Crippen LogP contribution in [0.3, 0.4) is 0 Å². The van der Waals surface area contributed by atoms with Crippen LogP contribution in [0.25, 0.3) is 11.2 Å². The van der Waals surface area contributed by atoms with Crippen molar-refractivity contribution in [2.24, 2.45) is 0 Å². The van der Waals surface area contributed by atoms with Crippen LogP contribution in [0, 0.1) is 0 Å². The SMILES string of the molecule is CC[n+]1c(Cl)nc(N)c2ncn(C3OC(CO)C(O)C3F)c21. The Hall–Kier alpha value is -1.55. The summed E-state index contributed by atoms with van der Waals surface area (Å²) < 4.78 is 22.7. The Kier molecular flexibility index (Phi) is 3.89. The van der Waals surface area contributed by atoms with Crippen molar-refractivity contribution in [1.82, 2.24) is 14.5 Å². The number of imidazole rings is 1. The number of aromatic nitrogens is 4. The maximum Gasteiger partial charge on any atom is 0.336 e. The summed E-state index contributed by atoms with van der Waals surface area (Å²) in [6.45, 7) is 1.82. The van der Waals surface area contributed by atoms with Gasteiger partial charge >= 0.3 is 5.28 Å². The lowest BCUT2D eigenvalue weighted by Crippen LogP contribution is -2.39. The van der Waals surface area contributed by atoms with Crippen LogP contribution in [-0.4, -0.2) is 49.7 Å². The molecule has 4 unspecified atom stereocenters. The van der Waals surface area contributed by atoms with Crippen LogP contribution >= 0.6 is 11.6 Å². The first-order valence-electron chi connectivity index (χ1n) is 6.79. The summed E-state index contributed by atoms with van der Waals surface area (Å²) in [5.74, 6) is 0.121. The molecule has 0 spiro atoms. The maximum absolute atomic E-state index is 14.3. The highest BCUT2D eigenvalue weighted by molar-refractivity contribution is 6.27. The highest BCUT2D eigenvalue weighted by Crippen LogP contribution is 2.33. The van der Waals surface area contributed by atoms with Crippen LogP contribution in [0.5, 0.6) is 0 Å². The van der Waals surface area contributed by atoms with E-state index in [-0.39, 0.29) is 11.1 Å². The number of nitrogens with zero attached hydrogens (tertiary/aromatic N) is 4. The van der Waals surface area contributed by atoms with Crippen LogP contribution in [0.2, 0.25) is 5.28 Å². The van der Waals surface area contributed by atoms with E-state index in [1.54, 1.807) is 4.57 Å². The quantitative estimate of drug-likeness (QED) is 0.519. The molecule has 1 fully saturated rings. The Morgan fingerprint density at radius 1 is 1.59 bits per heavy atom. The number of nitrogen functional groups attached to an aromatic ring is 1. The summed E-state index contributed by atoms with van der Waals surface area (Å²) in [4.78, 5) is 8.11. The number of aliphatic hydroxyl groups is 2. The Labute approximate surface area is 129 Å². The zero-order chi connectivity index (χ0) is 16.0. The zero-order valence-electron chi connectivity index (χ0n) is 11.7. The van der Waals surface area contributed by atoms with Crippen molar-refractivity contribution in [3.05, 3.63) is 11.6 Å². The first kappa shape index (κ1) is 15.3. The van der Waals surface area contributed by atoms with Gasteiger partial charge in [-0.3, -0.25) is 0 Å². The predicted molar refractivity (Wildman–Crippen MR) is 74.7 cm³/mol. The summed E-state index contributed by atoms with van der Waals surface area (Å²) in [7, 11) is 0. The zero-order valence-corrected chi connectivity index (χ0v) is 12.5. The number of hydrogen-bond donors (Lipinski definition) is 3. The van der Waals surface area contributed by atoms with Crippen LogP contribution in [0.1, 0.15) is 13.2 Å². The molecule has 1 aliphatic rings. The predicted octanol–water partition coefficient (Wildman–Crippen LogP) is -0.437. The third-order valence-corrected chi connectivity index (χ3v) is 4.05. The molecular weight excluding hydrogens is 317 g/mol. The van der Waals surface area contributed by atoms with Crippen molar-refractivity contribution in [2.75, 3.05) is 12.3 Å². The molecule has 4 atom stereocenters. The Morgan fingerprint density at radius 2 is 2.32 bits per heavy atom. The van der Waals surface area contributed by atoms with Crippen LogP contribution in [0.15, 0.2) is 6.33 Å². The minimum Gasteiger partial charge on any atom is -0.394 e. The fourth-order valence-electron chi connectivity index (χ4n) is 2.65. The van der Waals surface area contributed by atoms with E-state index in [1.165, 1.54) is 10.9 Å². The molecule has 22 heavy (non-hydrogen) atoms. The highest BCUT2D eigenvalue weighted by atomic mass is 35.5. The second kappa shape index (κ2) is 5.58. The molecule has 1 aliphatic heterocycles. The molecule has 0 saturated carbocycles. The van der Waals surface area contributed by atoms with E-state index in [1.807, 2.05) is 6.92 Å². The Morgan fingerprint density at radius 3 is 2.91 bits per heavy atom. The van der Waals surface area contributed by atoms with E-state index < -0.39 is 31.2 Å². The second-order valence-corrected chi connectivity index (χ2v) is 5.36. The number of ether oxygens (including phenoxy) is 1. The summed E-state index contributed by atoms with van der Waals surface area (Å²) in [5.41, 5.74) is 6.61. The lowest BCUT2D eigenvalue weighted by atomic mass is 10.1. The van der Waals surface area contributed by atoms with Gasteiger partial charge in [0.1, 0.15) is 12.2 Å². The minimum absolute atomic E-state index is 0.121. The topological polar surface area (TPSA) is 110 Å². The third-order valence-electron chi connectivity index (χ3n) is 3.77. The number of nitrogens with two attached hydrogens (primary N) is 1. The van der Waals surface area contributed by atoms with Gasteiger partial charge in [-0.05, 0) is 18.5 Å². The average molecular weight is 333 g/mol. The van der Waals surface area contributed by atoms with Crippen molar-refractivity contribution >= 4 is 28.6 Å². The van der Waals surface area contributed by atoms with Gasteiger partial charge in [-0.1, -0.05) is 4.98 Å². The van der Waals surface area contributed by atoms with Crippen molar-refractivity contribution in [3.8, 4) is 0 Å². The summed E-state index contributed by atoms with van der Waals surface area (Å²) >= 11 is 6.07. The molecule has 2 aromatic heterocycles. The van der Waals surface area contributed by atoms with Crippen LogP contribution in [0.4, 0.5) is 10.2 Å². The summed E-state index contributed by atoms with van der Waals surface area (Å²) in [5, 5.41) is 19.1. The van der Waals surface area contributed by atoms with Crippen molar-refractivity contribution < 1.29 is 23.9 Å². The molecule has 1 saturated heterocycles. The summed E-state index contributed by atoms with van der Waals surface area (Å²) in [6.07, 6.45) is -3.91. The fraction of sp³-hybridized carbons (Fsp3) is 0.583. The molecule has 10 heteroatoms. The van der Waals surface area contributed by atoms with Crippen molar-refractivity contribution in [3.63, 3.8) is 0 Å². The third kappa shape index (κ3) is 2.12. The molecule has 4 N–H and O–H groups in total. The standard InChI is InChI=1S/C12H15ClFN5O3/c1-2-18-10-7(9(15)17-12(18)13)16-4-19(10)11-6(14)8(21)5(3-20)22-11/h4-6,8,11,15,20-21H,2-3H2,1H3/p+1. The maximum atomic E-state index is 14.3. The Balaban J connectivity index is 2.16. The molecule has 2 aromatic rings. The number of alkyl halides is 1. The Bertz CT molecular complexity index is 712. The molecule has 8 nitrogen and oxygen atoms in total. The van der Waals surface area contributed by atoms with E-state index in [0.29, 0.717) is 17.7 Å². The molecule has 0 aliphatic carbocycles. The van der Waals surface area contributed by atoms with Crippen LogP contribution in [-0.2, 0) is 11.3 Å². The van der Waals surface area contributed by atoms with E-state index in [9.17, 15) is 9.50 Å². The molecule has 3 rings (SSSR count). The van der Waals surface area contributed by atoms with Gasteiger partial charge in [0.15, 0.2) is 18.0 Å². The normalized spacial score (nSPS) is 28.6. The fourth-order valence-corrected chi connectivity index (χ4v) is 2.94. The average Bonchev–Trinajstić information content (AvgIpc) is 3.03. The number of rotatable bonds is 3. The lowest BCUT2D eigenvalue weighted by molar-refractivity contribution is -0.671. The van der Waals surface area contributed by atoms with Gasteiger partial charge in [-0.15, -0.1) is 0 Å². The van der Waals surface area contributed by atoms with Gasteiger partial charge in [0.25, 0.3) is 5.65 Å². The molecule has 0 radical (unpaired) electrons. The molecule has 0 aromatic carbocycles. The number of anilines is 1. The largest absolute Gasteiger partial charge is 0.394 e. The van der Waals surface area contributed by atoms with E-state index in [0.717, 1.165) is 0 Å². The van der Waals surface area contributed by atoms with Crippen molar-refractivity contribution in [1.29, 1.82) is 0 Å². The first-order chi connectivity index (χ1) is 10.5. The van der Waals surface area contributed by atoms with Gasteiger partial charge in [0, 0.05) is 0 Å². The number of halogens is 2. The van der Waals surface area contributed by atoms with E-state index >= 15 is 0 Å². The van der Waals surface area contributed by atoms with Crippen molar-refractivity contribution in [2.45, 2.75) is 38.1 Å². The smallest absolute Gasteiger partial charge is 0.336 e. The molecule has 120 valence electrons. The minimum atomic E-state index is -1.71. The van der Waals surface area contributed by atoms with Gasteiger partial charge < -0.3 is 20.7 Å². The highest BCUT2D eigenvalue weighted by Gasteiger charge is 2.47. The number of hydrogen-bond acceptors (Lipinski definition) is 6. The lowest BCUT2D eigenvalue weighted by Gasteiger charge is -2.13. The monoisotopic (exact) mass is 332 g/mol. The first-order valence-corrected chi connectivity index (χ1v) is 7.17. The molecular formula is C12H16ClFN5O3+. The molecule has 3 heterocycles. The number of aryl methyl sites for hydroxylation is 1. The van der Waals surface area contributed by atoms with Gasteiger partial charge in [0.05, 0.1) is 13.2 Å². The van der Waals surface area contributed by atoms with Gasteiger partial charge in [0.2, 0.25) is 12.0 Å². The van der Waals surface area contributed by atoms with Crippen LogP contribution < -0.4 is 10.3 Å². The number of aliphatic hydroxyl groups excluding tert-OH is 2. The van der Waals surface area contributed by atoms with E-state index in [2.05, 4.69) is 9.97 Å². The molecule has 0 amide bonds. The van der Waals surface area contributed by atoms with E-state index in [4.69, 9.17) is 27.2 Å².